The van der Waals surface area contributed by atoms with Crippen molar-refractivity contribution in [2.24, 2.45) is 0 Å². The molecule has 0 spiro atoms. The van der Waals surface area contributed by atoms with E-state index in [0.717, 1.165) is 4.90 Å². The maximum absolute atomic E-state index is 12.4. The molecule has 0 aliphatic carbocycles. The second kappa shape index (κ2) is 6.78. The summed E-state index contributed by atoms with van der Waals surface area (Å²) in [5.41, 5.74) is 5.56. The van der Waals surface area contributed by atoms with Crippen molar-refractivity contribution in [2.75, 3.05) is 18.9 Å². The van der Waals surface area contributed by atoms with Crippen LogP contribution in [0.25, 0.3) is 11.0 Å². The molecule has 2 aromatic rings. The van der Waals surface area contributed by atoms with E-state index in [1.807, 2.05) is 0 Å². The fraction of sp³-hybridized carbons (Fsp3) is 0.400. The third-order valence-corrected chi connectivity index (χ3v) is 4.35. The number of carbonyl (C=O) groups is 1. The highest BCUT2D eigenvalue weighted by atomic mass is 16.6. The number of aromatic nitrogens is 3. The highest BCUT2D eigenvalue weighted by Crippen LogP contribution is 2.39. The van der Waals surface area contributed by atoms with Gasteiger partial charge in [0.1, 0.15) is 29.8 Å². The molecule has 1 amide bonds. The van der Waals surface area contributed by atoms with Gasteiger partial charge in [-0.3, -0.25) is 14.7 Å². The molecule has 140 valence electrons. The first-order chi connectivity index (χ1) is 12.4. The summed E-state index contributed by atoms with van der Waals surface area (Å²) in [6.45, 7) is 2.75. The molecule has 3 rings (SSSR count). The maximum Gasteiger partial charge on any atom is 0.411 e. The van der Waals surface area contributed by atoms with Crippen LogP contribution in [0.3, 0.4) is 0 Å². The molecule has 1 aliphatic heterocycles. The number of aliphatic hydroxyl groups is 3. The minimum Gasteiger partial charge on any atom is -0.445 e. The number of amides is 1. The number of aromatic amines is 2. The van der Waals surface area contributed by atoms with Gasteiger partial charge in [0.2, 0.25) is 5.95 Å². The molecule has 11 heteroatoms. The Morgan fingerprint density at radius 1 is 1.46 bits per heavy atom. The predicted octanol–water partition coefficient (Wildman–Crippen LogP) is -1.40. The fourth-order valence-corrected chi connectivity index (χ4v) is 3.21. The minimum atomic E-state index is -1.44. The van der Waals surface area contributed by atoms with Crippen LogP contribution in [0.1, 0.15) is 11.6 Å². The molecule has 26 heavy (non-hydrogen) atoms. The third kappa shape index (κ3) is 2.71. The van der Waals surface area contributed by atoms with Gasteiger partial charge >= 0.3 is 6.09 Å². The number of nitrogen functional groups attached to an aromatic ring is 1. The predicted molar refractivity (Wildman–Crippen MR) is 90.1 cm³/mol. The van der Waals surface area contributed by atoms with E-state index in [1.54, 1.807) is 0 Å². The lowest BCUT2D eigenvalue weighted by Gasteiger charge is -2.28. The van der Waals surface area contributed by atoms with E-state index >= 15 is 0 Å². The monoisotopic (exact) mass is 365 g/mol. The van der Waals surface area contributed by atoms with Crippen LogP contribution in [0.15, 0.2) is 23.6 Å². The molecule has 0 aromatic carbocycles. The highest BCUT2D eigenvalue weighted by Gasteiger charge is 2.51. The summed E-state index contributed by atoms with van der Waals surface area (Å²) in [6, 6.07) is -2.21. The number of H-pyrrole nitrogens is 2. The number of hydrogen-bond donors (Lipinski definition) is 6. The van der Waals surface area contributed by atoms with Crippen LogP contribution in [-0.2, 0) is 4.74 Å². The number of hydrogen-bond acceptors (Lipinski definition) is 8. The summed E-state index contributed by atoms with van der Waals surface area (Å²) in [7, 11) is 0. The van der Waals surface area contributed by atoms with E-state index in [2.05, 4.69) is 21.5 Å². The number of nitrogens with two attached hydrogens (primary N) is 1. The van der Waals surface area contributed by atoms with Crippen molar-refractivity contribution in [1.29, 1.82) is 0 Å². The number of carbonyl (C=O) groups excluding carboxylic acids is 1. The molecule has 4 unspecified atom stereocenters. The van der Waals surface area contributed by atoms with Gasteiger partial charge in [0.15, 0.2) is 0 Å². The SMILES string of the molecule is C=CCOC(=O)N1C(CO)C(O)C(O)C1c1c[nH]c2c(=O)[nH]c(N)nc12. The summed E-state index contributed by atoms with van der Waals surface area (Å²) in [6.07, 6.45) is -0.982. The number of aliphatic hydroxyl groups excluding tert-OH is 3. The Hall–Kier alpha value is -2.89. The molecule has 0 saturated carbocycles. The molecule has 11 nitrogen and oxygen atoms in total. The summed E-state index contributed by atoms with van der Waals surface area (Å²) >= 11 is 0. The average Bonchev–Trinajstić information content (AvgIpc) is 3.12. The largest absolute Gasteiger partial charge is 0.445 e. The van der Waals surface area contributed by atoms with Crippen LogP contribution in [0.4, 0.5) is 10.7 Å². The number of fused-ring (bicyclic) bond motifs is 1. The number of ether oxygens (including phenoxy) is 1. The number of nitrogens with zero attached hydrogens (tertiary/aromatic N) is 2. The first-order valence-corrected chi connectivity index (χ1v) is 7.80. The normalized spacial score (nSPS) is 25.6. The third-order valence-electron chi connectivity index (χ3n) is 4.35. The van der Waals surface area contributed by atoms with Gasteiger partial charge in [0, 0.05) is 11.8 Å². The van der Waals surface area contributed by atoms with Crippen molar-refractivity contribution >= 4 is 23.1 Å². The Morgan fingerprint density at radius 2 is 2.19 bits per heavy atom. The van der Waals surface area contributed by atoms with Crippen molar-refractivity contribution in [3.05, 3.63) is 34.8 Å². The van der Waals surface area contributed by atoms with Crippen molar-refractivity contribution in [1.82, 2.24) is 19.9 Å². The number of anilines is 1. The zero-order chi connectivity index (χ0) is 19.0. The van der Waals surface area contributed by atoms with E-state index in [1.165, 1.54) is 12.3 Å². The van der Waals surface area contributed by atoms with Crippen LogP contribution in [0.2, 0.25) is 0 Å². The van der Waals surface area contributed by atoms with Gasteiger partial charge in [-0.2, -0.15) is 0 Å². The molecule has 1 fully saturated rings. The topological polar surface area (TPSA) is 178 Å². The second-order valence-electron chi connectivity index (χ2n) is 5.87. The van der Waals surface area contributed by atoms with Gasteiger partial charge in [-0.25, -0.2) is 9.78 Å². The van der Waals surface area contributed by atoms with Gasteiger partial charge in [0.25, 0.3) is 5.56 Å². The zero-order valence-electron chi connectivity index (χ0n) is 13.6. The van der Waals surface area contributed by atoms with Crippen LogP contribution < -0.4 is 11.3 Å². The summed E-state index contributed by atoms with van der Waals surface area (Å²) in [4.78, 5) is 34.5. The maximum atomic E-state index is 12.4. The van der Waals surface area contributed by atoms with Gasteiger partial charge in [-0.1, -0.05) is 12.7 Å². The fourth-order valence-electron chi connectivity index (χ4n) is 3.21. The smallest absolute Gasteiger partial charge is 0.411 e. The number of rotatable bonds is 4. The zero-order valence-corrected chi connectivity index (χ0v) is 13.6. The lowest BCUT2D eigenvalue weighted by molar-refractivity contribution is 0.0176. The average molecular weight is 365 g/mol. The van der Waals surface area contributed by atoms with E-state index in [0.29, 0.717) is 0 Å². The van der Waals surface area contributed by atoms with Crippen molar-refractivity contribution in [2.45, 2.75) is 24.3 Å². The second-order valence-corrected chi connectivity index (χ2v) is 5.87. The quantitative estimate of drug-likeness (QED) is 0.358. The Labute approximate surface area is 146 Å². The van der Waals surface area contributed by atoms with E-state index in [-0.39, 0.29) is 29.2 Å². The highest BCUT2D eigenvalue weighted by molar-refractivity contribution is 5.81. The standard InChI is InChI=1S/C15H19N5O6/c1-2-3-26-15(25)20-7(5-21)11(22)12(23)10(20)6-4-17-9-8(6)18-14(16)19-13(9)24/h2,4,7,10-12,17,21-23H,1,3,5H2,(H3,16,18,19,24). The van der Waals surface area contributed by atoms with Crippen molar-refractivity contribution < 1.29 is 24.9 Å². The Morgan fingerprint density at radius 3 is 2.85 bits per heavy atom. The molecule has 4 atom stereocenters. The van der Waals surface area contributed by atoms with Gasteiger partial charge in [0.05, 0.1) is 18.7 Å². The van der Waals surface area contributed by atoms with Gasteiger partial charge < -0.3 is 30.8 Å². The van der Waals surface area contributed by atoms with Crippen LogP contribution >= 0.6 is 0 Å². The van der Waals surface area contributed by atoms with Crippen LogP contribution in [0, 0.1) is 0 Å². The Bertz CT molecular complexity index is 892. The lowest BCUT2D eigenvalue weighted by atomic mass is 10.0. The number of nitrogens with one attached hydrogen (secondary N) is 2. The number of likely N-dealkylation sites (tertiary alicyclic amines) is 1. The van der Waals surface area contributed by atoms with E-state index in [4.69, 9.17) is 10.5 Å². The van der Waals surface area contributed by atoms with Gasteiger partial charge in [-0.15, -0.1) is 0 Å². The lowest BCUT2D eigenvalue weighted by Crippen LogP contribution is -2.43. The molecule has 1 saturated heterocycles. The molecular formula is C15H19N5O6. The van der Waals surface area contributed by atoms with E-state index < -0.39 is 42.6 Å². The Kier molecular flexibility index (Phi) is 4.68. The summed E-state index contributed by atoms with van der Waals surface area (Å²) in [5.74, 6) is -0.143. The first kappa shape index (κ1) is 17.9. The summed E-state index contributed by atoms with van der Waals surface area (Å²) in [5, 5.41) is 30.3. The molecule has 7 N–H and O–H groups in total. The Balaban J connectivity index is 2.12. The molecule has 0 bridgehead atoms. The summed E-state index contributed by atoms with van der Waals surface area (Å²) < 4.78 is 5.00. The van der Waals surface area contributed by atoms with Crippen molar-refractivity contribution in [3.8, 4) is 0 Å². The molecule has 2 aromatic heterocycles. The molecule has 1 aliphatic rings. The van der Waals surface area contributed by atoms with E-state index in [9.17, 15) is 24.9 Å². The molecule has 3 heterocycles. The van der Waals surface area contributed by atoms with Crippen molar-refractivity contribution in [3.63, 3.8) is 0 Å². The molecule has 0 radical (unpaired) electrons. The molecular weight excluding hydrogens is 346 g/mol. The minimum absolute atomic E-state index is 0.0921. The van der Waals surface area contributed by atoms with Gasteiger partial charge in [-0.05, 0) is 0 Å². The first-order valence-electron chi connectivity index (χ1n) is 7.80. The van der Waals surface area contributed by atoms with Crippen LogP contribution in [-0.4, -0.2) is 72.7 Å². The van der Waals surface area contributed by atoms with Crippen LogP contribution in [0.5, 0.6) is 0 Å².